The fourth-order valence-corrected chi connectivity index (χ4v) is 4.53. The van der Waals surface area contributed by atoms with Gasteiger partial charge in [0.25, 0.3) is 0 Å². The molecule has 1 atom stereocenters. The summed E-state index contributed by atoms with van der Waals surface area (Å²) in [6.07, 6.45) is 6.36. The van der Waals surface area contributed by atoms with Crippen LogP contribution in [0.25, 0.3) is 17.0 Å². The molecule has 3 heterocycles. The van der Waals surface area contributed by atoms with Gasteiger partial charge in [-0.25, -0.2) is 0 Å². The summed E-state index contributed by atoms with van der Waals surface area (Å²) >= 11 is 0. The number of pyridine rings is 1. The number of ether oxygens (including phenoxy) is 2. The number of phenolic OH excluding ortho intramolecular Hbond substituents is 1. The third kappa shape index (κ3) is 3.89. The Morgan fingerprint density at radius 2 is 2.09 bits per heavy atom. The van der Waals surface area contributed by atoms with Gasteiger partial charge < -0.3 is 24.3 Å². The second kappa shape index (κ2) is 8.64. The van der Waals surface area contributed by atoms with Crippen molar-refractivity contribution in [2.45, 2.75) is 12.3 Å². The molecule has 0 saturated carbocycles. The third-order valence-corrected chi connectivity index (χ3v) is 6.18. The molecule has 0 amide bonds. The van der Waals surface area contributed by atoms with Crippen LogP contribution in [0.5, 0.6) is 17.2 Å². The molecule has 0 bridgehead atoms. The predicted octanol–water partition coefficient (Wildman–Crippen LogP) is 4.51. The number of ketones is 1. The maximum Gasteiger partial charge on any atom is 0.304 e. The SMILES string of the molecule is COc1ccc2c(c1)c(/C=C1\Oc3c(ccc(O)c3[C@@H](CC(=O)O)c3cccnc3)C1=O)cn2C. The zero-order valence-corrected chi connectivity index (χ0v) is 19.1. The number of nitrogens with zero attached hydrogens (tertiary/aromatic N) is 2. The van der Waals surface area contributed by atoms with Gasteiger partial charge in [0, 0.05) is 53.6 Å². The number of rotatable bonds is 6. The number of aromatic nitrogens is 2. The van der Waals surface area contributed by atoms with E-state index < -0.39 is 11.9 Å². The quantitative estimate of drug-likeness (QED) is 0.399. The highest BCUT2D eigenvalue weighted by molar-refractivity contribution is 6.15. The first-order valence-electron chi connectivity index (χ1n) is 10.9. The molecule has 8 nitrogen and oxygen atoms in total. The predicted molar refractivity (Wildman–Crippen MR) is 129 cm³/mol. The molecule has 0 fully saturated rings. The highest BCUT2D eigenvalue weighted by Gasteiger charge is 2.35. The number of carboxylic acids is 1. The smallest absolute Gasteiger partial charge is 0.304 e. The molecule has 8 heteroatoms. The first-order chi connectivity index (χ1) is 16.9. The summed E-state index contributed by atoms with van der Waals surface area (Å²) in [6, 6.07) is 12.0. The molecule has 5 rings (SSSR count). The highest BCUT2D eigenvalue weighted by Crippen LogP contribution is 2.46. The van der Waals surface area contributed by atoms with Crippen LogP contribution >= 0.6 is 0 Å². The van der Waals surface area contributed by atoms with Gasteiger partial charge in [0.1, 0.15) is 17.2 Å². The third-order valence-electron chi connectivity index (χ3n) is 6.18. The van der Waals surface area contributed by atoms with Crippen LogP contribution in [0.2, 0.25) is 0 Å². The highest BCUT2D eigenvalue weighted by atomic mass is 16.5. The van der Waals surface area contributed by atoms with Crippen molar-refractivity contribution in [3.8, 4) is 17.2 Å². The number of carbonyl (C=O) groups is 2. The fourth-order valence-electron chi connectivity index (χ4n) is 4.53. The van der Waals surface area contributed by atoms with Crippen molar-refractivity contribution >= 4 is 28.7 Å². The molecule has 2 aromatic carbocycles. The number of aromatic hydroxyl groups is 1. The van der Waals surface area contributed by atoms with Gasteiger partial charge in [-0.05, 0) is 48.0 Å². The lowest BCUT2D eigenvalue weighted by atomic mass is 9.87. The van der Waals surface area contributed by atoms with Crippen LogP contribution in [0.3, 0.4) is 0 Å². The molecule has 35 heavy (non-hydrogen) atoms. The van der Waals surface area contributed by atoms with Crippen LogP contribution in [0.4, 0.5) is 0 Å². The molecule has 0 unspecified atom stereocenters. The number of carbonyl (C=O) groups excluding carboxylic acids is 1. The number of hydrogen-bond acceptors (Lipinski definition) is 6. The molecule has 1 aliphatic heterocycles. The van der Waals surface area contributed by atoms with E-state index in [4.69, 9.17) is 9.47 Å². The minimum absolute atomic E-state index is 0.0856. The van der Waals surface area contributed by atoms with E-state index in [0.29, 0.717) is 11.3 Å². The summed E-state index contributed by atoms with van der Waals surface area (Å²) in [5.41, 5.74) is 2.82. The molecular weight excluding hydrogens is 448 g/mol. The average molecular weight is 470 g/mol. The summed E-state index contributed by atoms with van der Waals surface area (Å²) in [4.78, 5) is 29.0. The first kappa shape index (κ1) is 22.2. The number of Topliss-reactive ketones (excluding diaryl/α,β-unsaturated/α-hetero) is 1. The lowest BCUT2D eigenvalue weighted by Gasteiger charge is -2.19. The van der Waals surface area contributed by atoms with Gasteiger partial charge in [-0.1, -0.05) is 6.07 Å². The summed E-state index contributed by atoms with van der Waals surface area (Å²) in [7, 11) is 3.50. The van der Waals surface area contributed by atoms with Crippen molar-refractivity contribution in [1.29, 1.82) is 0 Å². The number of aliphatic carboxylic acids is 1. The summed E-state index contributed by atoms with van der Waals surface area (Å²) < 4.78 is 13.3. The van der Waals surface area contributed by atoms with E-state index in [0.717, 1.165) is 16.5 Å². The second-order valence-corrected chi connectivity index (χ2v) is 8.33. The van der Waals surface area contributed by atoms with Crippen molar-refractivity contribution in [2.24, 2.45) is 7.05 Å². The number of methoxy groups -OCH3 is 1. The number of benzene rings is 2. The Hall–Kier alpha value is -4.59. The van der Waals surface area contributed by atoms with E-state index in [1.165, 1.54) is 12.1 Å². The fraction of sp³-hybridized carbons (Fsp3) is 0.148. The maximum absolute atomic E-state index is 13.3. The topological polar surface area (TPSA) is 111 Å². The van der Waals surface area contributed by atoms with Gasteiger partial charge >= 0.3 is 5.97 Å². The molecule has 0 spiro atoms. The van der Waals surface area contributed by atoms with E-state index in [2.05, 4.69) is 4.98 Å². The van der Waals surface area contributed by atoms with E-state index in [9.17, 15) is 19.8 Å². The van der Waals surface area contributed by atoms with E-state index >= 15 is 0 Å². The van der Waals surface area contributed by atoms with Crippen molar-refractivity contribution in [3.05, 3.63) is 89.1 Å². The van der Waals surface area contributed by atoms with Crippen LogP contribution in [-0.2, 0) is 11.8 Å². The standard InChI is InChI=1S/C27H22N2O6/c1-29-14-16(19-11-17(34-2)5-7-21(19)29)10-23-26(33)18-6-8-22(30)25(27(18)35-23)20(12-24(31)32)15-4-3-9-28-13-15/h3-11,13-14,20,30H,12H2,1-2H3,(H,31,32)/b23-10-/t20-/m0/s1. The maximum atomic E-state index is 13.3. The Morgan fingerprint density at radius 3 is 2.80 bits per heavy atom. The molecule has 1 aliphatic rings. The molecule has 2 N–H and O–H groups in total. The summed E-state index contributed by atoms with van der Waals surface area (Å²) in [5, 5.41) is 21.2. The number of phenols is 1. The van der Waals surface area contributed by atoms with Crippen molar-refractivity contribution in [2.75, 3.05) is 7.11 Å². The Kier molecular flexibility index (Phi) is 5.49. The van der Waals surface area contributed by atoms with Crippen LogP contribution in [0.15, 0.2) is 66.8 Å². The zero-order valence-electron chi connectivity index (χ0n) is 19.1. The molecule has 0 radical (unpaired) electrons. The summed E-state index contributed by atoms with van der Waals surface area (Å²) in [6.45, 7) is 0. The molecule has 4 aromatic rings. The van der Waals surface area contributed by atoms with Crippen LogP contribution < -0.4 is 9.47 Å². The monoisotopic (exact) mass is 470 g/mol. The lowest BCUT2D eigenvalue weighted by Crippen LogP contribution is -2.10. The Bertz CT molecular complexity index is 1500. The van der Waals surface area contributed by atoms with Gasteiger partial charge in [-0.15, -0.1) is 0 Å². The number of allylic oxidation sites excluding steroid dienone is 1. The van der Waals surface area contributed by atoms with Gasteiger partial charge in [-0.3, -0.25) is 14.6 Å². The number of hydrogen-bond donors (Lipinski definition) is 2. The van der Waals surface area contributed by atoms with Crippen molar-refractivity contribution < 1.29 is 29.3 Å². The number of carboxylic acid groups (broad SMARTS) is 1. The average Bonchev–Trinajstić information content (AvgIpc) is 3.34. The van der Waals surface area contributed by atoms with E-state index in [-0.39, 0.29) is 40.6 Å². The Morgan fingerprint density at radius 1 is 1.26 bits per heavy atom. The molecule has 0 aliphatic carbocycles. The van der Waals surface area contributed by atoms with E-state index in [1.54, 1.807) is 37.7 Å². The molecule has 2 aromatic heterocycles. The van der Waals surface area contributed by atoms with Crippen molar-refractivity contribution in [1.82, 2.24) is 9.55 Å². The molecule has 176 valence electrons. The number of aryl methyl sites for hydroxylation is 1. The minimum atomic E-state index is -1.05. The zero-order chi connectivity index (χ0) is 24.7. The largest absolute Gasteiger partial charge is 0.508 e. The van der Waals surface area contributed by atoms with Gasteiger partial charge in [-0.2, -0.15) is 0 Å². The van der Waals surface area contributed by atoms with Crippen molar-refractivity contribution in [3.63, 3.8) is 0 Å². The van der Waals surface area contributed by atoms with Gasteiger partial charge in [0.15, 0.2) is 5.76 Å². The normalized spacial score (nSPS) is 14.7. The van der Waals surface area contributed by atoms with Crippen LogP contribution in [0.1, 0.15) is 39.4 Å². The Balaban J connectivity index is 1.62. The molecule has 0 saturated heterocycles. The molecular formula is C27H22N2O6. The minimum Gasteiger partial charge on any atom is -0.508 e. The lowest BCUT2D eigenvalue weighted by molar-refractivity contribution is -0.137. The van der Waals surface area contributed by atoms with Gasteiger partial charge in [0.2, 0.25) is 5.78 Å². The number of fused-ring (bicyclic) bond motifs is 2. The second-order valence-electron chi connectivity index (χ2n) is 8.33. The Labute approximate surface area is 200 Å². The van der Waals surface area contributed by atoms with Crippen LogP contribution in [-0.4, -0.2) is 38.6 Å². The first-order valence-corrected chi connectivity index (χ1v) is 10.9. The van der Waals surface area contributed by atoms with E-state index in [1.807, 2.05) is 36.0 Å². The van der Waals surface area contributed by atoms with Gasteiger partial charge in [0.05, 0.1) is 19.1 Å². The summed E-state index contributed by atoms with van der Waals surface area (Å²) in [5.74, 6) is -1.38. The van der Waals surface area contributed by atoms with Crippen LogP contribution in [0, 0.1) is 0 Å².